The number of hydrogen-bond acceptors (Lipinski definition) is 3. The normalized spacial score (nSPS) is 37.2. The molecule has 1 aliphatic carbocycles. The van der Waals surface area contributed by atoms with E-state index in [1.807, 2.05) is 0 Å². The number of methoxy groups -OCH3 is 3. The smallest absolute Gasteiger partial charge is 0.109 e. The van der Waals surface area contributed by atoms with Gasteiger partial charge < -0.3 is 14.2 Å². The van der Waals surface area contributed by atoms with Crippen LogP contribution in [-0.4, -0.2) is 39.6 Å². The lowest BCUT2D eigenvalue weighted by Gasteiger charge is -2.41. The molecule has 1 aliphatic rings. The van der Waals surface area contributed by atoms with Crippen LogP contribution in [0.25, 0.3) is 0 Å². The van der Waals surface area contributed by atoms with Crippen LogP contribution >= 0.6 is 0 Å². The largest absolute Gasteiger partial charge is 0.379 e. The predicted octanol–water partition coefficient (Wildman–Crippen LogP) is 2.10. The SMILES string of the molecule is COC1CC(C(C)C)CC(OC)C1OC. The van der Waals surface area contributed by atoms with Gasteiger partial charge in [-0.1, -0.05) is 13.8 Å². The van der Waals surface area contributed by atoms with E-state index in [-0.39, 0.29) is 18.3 Å². The zero-order chi connectivity index (χ0) is 11.4. The molecule has 0 radical (unpaired) electrons. The fourth-order valence-corrected chi connectivity index (χ4v) is 2.51. The molecule has 2 atom stereocenters. The van der Waals surface area contributed by atoms with Gasteiger partial charge in [-0.05, 0) is 24.7 Å². The van der Waals surface area contributed by atoms with Crippen molar-refractivity contribution in [1.82, 2.24) is 0 Å². The van der Waals surface area contributed by atoms with Gasteiger partial charge in [0.25, 0.3) is 0 Å². The van der Waals surface area contributed by atoms with Gasteiger partial charge in [-0.3, -0.25) is 0 Å². The second kappa shape index (κ2) is 5.83. The summed E-state index contributed by atoms with van der Waals surface area (Å²) in [6.45, 7) is 4.52. The van der Waals surface area contributed by atoms with Crippen LogP contribution in [0.5, 0.6) is 0 Å². The van der Waals surface area contributed by atoms with Gasteiger partial charge in [0.05, 0.1) is 12.2 Å². The van der Waals surface area contributed by atoms with E-state index in [1.165, 1.54) is 0 Å². The molecule has 3 heteroatoms. The lowest BCUT2D eigenvalue weighted by Crippen LogP contribution is -2.48. The van der Waals surface area contributed by atoms with E-state index in [2.05, 4.69) is 13.8 Å². The maximum atomic E-state index is 5.50. The second-order valence-corrected chi connectivity index (χ2v) is 4.72. The Morgan fingerprint density at radius 1 is 0.867 bits per heavy atom. The van der Waals surface area contributed by atoms with E-state index >= 15 is 0 Å². The highest BCUT2D eigenvalue weighted by Crippen LogP contribution is 2.34. The first-order valence-electron chi connectivity index (χ1n) is 5.72. The number of hydrogen-bond donors (Lipinski definition) is 0. The van der Waals surface area contributed by atoms with Crippen molar-refractivity contribution in [1.29, 1.82) is 0 Å². The summed E-state index contributed by atoms with van der Waals surface area (Å²) in [5.74, 6) is 1.35. The van der Waals surface area contributed by atoms with Crippen LogP contribution in [0.3, 0.4) is 0 Å². The molecule has 1 rings (SSSR count). The van der Waals surface area contributed by atoms with Crippen molar-refractivity contribution >= 4 is 0 Å². The average molecular weight is 216 g/mol. The van der Waals surface area contributed by atoms with Gasteiger partial charge >= 0.3 is 0 Å². The van der Waals surface area contributed by atoms with Crippen LogP contribution in [0.1, 0.15) is 26.7 Å². The summed E-state index contributed by atoms with van der Waals surface area (Å²) in [6, 6.07) is 0. The Labute approximate surface area is 93.1 Å². The third-order valence-electron chi connectivity index (χ3n) is 3.62. The van der Waals surface area contributed by atoms with Gasteiger partial charge in [0.15, 0.2) is 0 Å². The van der Waals surface area contributed by atoms with E-state index < -0.39 is 0 Å². The molecule has 15 heavy (non-hydrogen) atoms. The molecule has 2 unspecified atom stereocenters. The molecule has 0 saturated heterocycles. The fourth-order valence-electron chi connectivity index (χ4n) is 2.51. The first-order chi connectivity index (χ1) is 7.13. The molecule has 0 aromatic rings. The second-order valence-electron chi connectivity index (χ2n) is 4.72. The van der Waals surface area contributed by atoms with Crippen molar-refractivity contribution in [3.8, 4) is 0 Å². The standard InChI is InChI=1S/C12H24O3/c1-8(2)9-6-10(13-3)12(15-5)11(7-9)14-4/h8-12H,6-7H2,1-5H3. The Kier molecular flexibility index (Phi) is 5.03. The van der Waals surface area contributed by atoms with E-state index in [9.17, 15) is 0 Å². The monoisotopic (exact) mass is 216 g/mol. The van der Waals surface area contributed by atoms with E-state index in [4.69, 9.17) is 14.2 Å². The van der Waals surface area contributed by atoms with E-state index in [1.54, 1.807) is 21.3 Å². The first kappa shape index (κ1) is 12.9. The zero-order valence-corrected chi connectivity index (χ0v) is 10.5. The van der Waals surface area contributed by atoms with Gasteiger partial charge in [0, 0.05) is 21.3 Å². The van der Waals surface area contributed by atoms with Crippen LogP contribution < -0.4 is 0 Å². The summed E-state index contributed by atoms with van der Waals surface area (Å²) >= 11 is 0. The minimum atomic E-state index is 0.0787. The molecule has 0 N–H and O–H groups in total. The van der Waals surface area contributed by atoms with Crippen LogP contribution in [0, 0.1) is 11.8 Å². The van der Waals surface area contributed by atoms with Crippen molar-refractivity contribution in [3.63, 3.8) is 0 Å². The molecule has 1 fully saturated rings. The Morgan fingerprint density at radius 2 is 1.33 bits per heavy atom. The lowest BCUT2D eigenvalue weighted by molar-refractivity contribution is -0.144. The Bertz CT molecular complexity index is 168. The Hall–Kier alpha value is -0.120. The molecule has 0 aliphatic heterocycles. The van der Waals surface area contributed by atoms with Crippen LogP contribution in [0.4, 0.5) is 0 Å². The highest BCUT2D eigenvalue weighted by atomic mass is 16.6. The molecule has 90 valence electrons. The summed E-state index contributed by atoms with van der Waals surface area (Å²) in [4.78, 5) is 0. The third kappa shape index (κ3) is 2.92. The highest BCUT2D eigenvalue weighted by molar-refractivity contribution is 4.89. The number of rotatable bonds is 4. The molecule has 0 spiro atoms. The van der Waals surface area contributed by atoms with Crippen LogP contribution in [0.15, 0.2) is 0 Å². The molecule has 0 aromatic carbocycles. The average Bonchev–Trinajstić information content (AvgIpc) is 2.26. The molecule has 1 saturated carbocycles. The van der Waals surface area contributed by atoms with Gasteiger partial charge in [0.2, 0.25) is 0 Å². The molecule has 0 heterocycles. The van der Waals surface area contributed by atoms with Crippen molar-refractivity contribution in [2.45, 2.75) is 45.0 Å². The van der Waals surface area contributed by atoms with Crippen LogP contribution in [-0.2, 0) is 14.2 Å². The minimum Gasteiger partial charge on any atom is -0.379 e. The molecular weight excluding hydrogens is 192 g/mol. The Morgan fingerprint density at radius 3 is 1.60 bits per heavy atom. The van der Waals surface area contributed by atoms with Crippen LogP contribution in [0.2, 0.25) is 0 Å². The molecular formula is C12H24O3. The summed E-state index contributed by atoms with van der Waals surface area (Å²) < 4.78 is 16.5. The van der Waals surface area contributed by atoms with E-state index in [0.717, 1.165) is 12.8 Å². The third-order valence-corrected chi connectivity index (χ3v) is 3.62. The van der Waals surface area contributed by atoms with Crippen molar-refractivity contribution < 1.29 is 14.2 Å². The van der Waals surface area contributed by atoms with Gasteiger partial charge in [-0.25, -0.2) is 0 Å². The van der Waals surface area contributed by atoms with Crippen molar-refractivity contribution in [2.75, 3.05) is 21.3 Å². The van der Waals surface area contributed by atoms with Gasteiger partial charge in [0.1, 0.15) is 6.10 Å². The van der Waals surface area contributed by atoms with E-state index in [0.29, 0.717) is 11.8 Å². The minimum absolute atomic E-state index is 0.0787. The van der Waals surface area contributed by atoms with Gasteiger partial charge in [-0.2, -0.15) is 0 Å². The molecule has 0 aromatic heterocycles. The lowest BCUT2D eigenvalue weighted by atomic mass is 9.77. The fraction of sp³-hybridized carbons (Fsp3) is 1.00. The topological polar surface area (TPSA) is 27.7 Å². The highest BCUT2D eigenvalue weighted by Gasteiger charge is 2.39. The number of ether oxygens (including phenoxy) is 3. The maximum Gasteiger partial charge on any atom is 0.109 e. The maximum absolute atomic E-state index is 5.50. The molecule has 0 amide bonds. The molecule has 3 nitrogen and oxygen atoms in total. The van der Waals surface area contributed by atoms with Gasteiger partial charge in [-0.15, -0.1) is 0 Å². The first-order valence-corrected chi connectivity index (χ1v) is 5.72. The predicted molar refractivity (Wildman–Crippen MR) is 60.0 cm³/mol. The zero-order valence-electron chi connectivity index (χ0n) is 10.5. The van der Waals surface area contributed by atoms with Crippen molar-refractivity contribution in [3.05, 3.63) is 0 Å². The Balaban J connectivity index is 2.69. The van der Waals surface area contributed by atoms with Crippen molar-refractivity contribution in [2.24, 2.45) is 11.8 Å². The molecule has 0 bridgehead atoms. The quantitative estimate of drug-likeness (QED) is 0.720. The summed E-state index contributed by atoms with van der Waals surface area (Å²) in [5.41, 5.74) is 0. The summed E-state index contributed by atoms with van der Waals surface area (Å²) in [5, 5.41) is 0. The summed E-state index contributed by atoms with van der Waals surface area (Å²) in [7, 11) is 5.25. The summed E-state index contributed by atoms with van der Waals surface area (Å²) in [6.07, 6.45) is 2.57.